The molecule has 0 aliphatic rings. The van der Waals surface area contributed by atoms with Crippen LogP contribution in [0, 0.1) is 18.6 Å². The molecule has 1 atom stereocenters. The molecule has 0 heterocycles. The maximum atomic E-state index is 13.4. The molecule has 0 saturated heterocycles. The van der Waals surface area contributed by atoms with Crippen LogP contribution in [0.15, 0.2) is 42.5 Å². The van der Waals surface area contributed by atoms with Crippen LogP contribution in [0.5, 0.6) is 0 Å². The topological polar surface area (TPSA) is 29.3 Å². The first-order valence-corrected chi connectivity index (χ1v) is 6.47. The Balaban J connectivity index is 2.31. The standard InChI is InChI=1S/C16H18F2N2/c1-11-3-6-13(7-4-11)20(2)16(10-19)12-5-8-14(17)15(18)9-12/h3-9,16H,10,19H2,1-2H3. The molecule has 0 amide bonds. The van der Waals surface area contributed by atoms with E-state index in [1.165, 1.54) is 11.6 Å². The summed E-state index contributed by atoms with van der Waals surface area (Å²) in [6.07, 6.45) is 0. The summed E-state index contributed by atoms with van der Waals surface area (Å²) in [5, 5.41) is 0. The summed E-state index contributed by atoms with van der Waals surface area (Å²) < 4.78 is 26.4. The molecule has 0 spiro atoms. The van der Waals surface area contributed by atoms with Gasteiger partial charge < -0.3 is 10.6 Å². The van der Waals surface area contributed by atoms with Gasteiger partial charge in [-0.25, -0.2) is 8.78 Å². The Morgan fingerprint density at radius 1 is 1.05 bits per heavy atom. The van der Waals surface area contributed by atoms with Crippen molar-refractivity contribution in [2.45, 2.75) is 13.0 Å². The zero-order valence-electron chi connectivity index (χ0n) is 11.6. The van der Waals surface area contributed by atoms with Gasteiger partial charge in [0.2, 0.25) is 0 Å². The molecule has 2 aromatic rings. The van der Waals surface area contributed by atoms with Gasteiger partial charge in [0.15, 0.2) is 11.6 Å². The molecular formula is C16H18F2N2. The highest BCUT2D eigenvalue weighted by molar-refractivity contribution is 5.49. The number of hydrogen-bond donors (Lipinski definition) is 1. The lowest BCUT2D eigenvalue weighted by Gasteiger charge is -2.29. The summed E-state index contributed by atoms with van der Waals surface area (Å²) in [7, 11) is 1.89. The van der Waals surface area contributed by atoms with Crippen LogP contribution in [0.25, 0.3) is 0 Å². The summed E-state index contributed by atoms with van der Waals surface area (Å²) in [6.45, 7) is 2.33. The van der Waals surface area contributed by atoms with Gasteiger partial charge in [-0.15, -0.1) is 0 Å². The van der Waals surface area contributed by atoms with Crippen molar-refractivity contribution < 1.29 is 8.78 Å². The van der Waals surface area contributed by atoms with Crippen molar-refractivity contribution in [3.63, 3.8) is 0 Å². The summed E-state index contributed by atoms with van der Waals surface area (Å²) in [5.41, 5.74) is 8.61. The van der Waals surface area contributed by atoms with E-state index in [2.05, 4.69) is 0 Å². The second-order valence-electron chi connectivity index (χ2n) is 4.87. The zero-order chi connectivity index (χ0) is 14.7. The average molecular weight is 276 g/mol. The van der Waals surface area contributed by atoms with Crippen molar-refractivity contribution in [1.82, 2.24) is 0 Å². The van der Waals surface area contributed by atoms with Crippen LogP contribution in [-0.4, -0.2) is 13.6 Å². The lowest BCUT2D eigenvalue weighted by molar-refractivity contribution is 0.504. The predicted octanol–water partition coefficient (Wildman–Crippen LogP) is 3.41. The van der Waals surface area contributed by atoms with Crippen molar-refractivity contribution in [1.29, 1.82) is 0 Å². The largest absolute Gasteiger partial charge is 0.366 e. The number of nitrogens with two attached hydrogens (primary N) is 1. The molecule has 1 unspecified atom stereocenters. The molecule has 0 aromatic heterocycles. The molecule has 4 heteroatoms. The molecule has 0 saturated carbocycles. The summed E-state index contributed by atoms with van der Waals surface area (Å²) >= 11 is 0. The van der Waals surface area contributed by atoms with E-state index in [1.807, 2.05) is 43.1 Å². The average Bonchev–Trinajstić information content (AvgIpc) is 2.44. The molecule has 0 aliphatic heterocycles. The number of aryl methyl sites for hydroxylation is 1. The smallest absolute Gasteiger partial charge is 0.159 e. The highest BCUT2D eigenvalue weighted by Crippen LogP contribution is 2.26. The minimum Gasteiger partial charge on any atom is -0.366 e. The van der Waals surface area contributed by atoms with Crippen molar-refractivity contribution in [3.05, 3.63) is 65.2 Å². The number of benzene rings is 2. The van der Waals surface area contributed by atoms with Crippen LogP contribution in [0.4, 0.5) is 14.5 Å². The van der Waals surface area contributed by atoms with Crippen molar-refractivity contribution in [2.75, 3.05) is 18.5 Å². The maximum absolute atomic E-state index is 13.4. The van der Waals surface area contributed by atoms with Gasteiger partial charge in [-0.2, -0.15) is 0 Å². The van der Waals surface area contributed by atoms with E-state index < -0.39 is 11.6 Å². The molecule has 0 bridgehead atoms. The Morgan fingerprint density at radius 3 is 2.25 bits per heavy atom. The summed E-state index contributed by atoms with van der Waals surface area (Å²) in [6, 6.07) is 11.7. The van der Waals surface area contributed by atoms with Crippen LogP contribution in [0.2, 0.25) is 0 Å². The number of nitrogens with zero attached hydrogens (tertiary/aromatic N) is 1. The van der Waals surface area contributed by atoms with E-state index >= 15 is 0 Å². The Labute approximate surface area is 117 Å². The summed E-state index contributed by atoms with van der Waals surface area (Å²) in [5.74, 6) is -1.69. The fourth-order valence-corrected chi connectivity index (χ4v) is 2.20. The third kappa shape index (κ3) is 2.96. The number of anilines is 1. The van der Waals surface area contributed by atoms with E-state index in [0.717, 1.165) is 11.8 Å². The van der Waals surface area contributed by atoms with Gasteiger partial charge in [0.25, 0.3) is 0 Å². The fraction of sp³-hybridized carbons (Fsp3) is 0.250. The minimum absolute atomic E-state index is 0.201. The number of rotatable bonds is 4. The first kappa shape index (κ1) is 14.5. The van der Waals surface area contributed by atoms with Gasteiger partial charge in [-0.05, 0) is 36.8 Å². The molecule has 0 radical (unpaired) electrons. The van der Waals surface area contributed by atoms with Crippen LogP contribution in [0.3, 0.4) is 0 Å². The first-order valence-electron chi connectivity index (χ1n) is 6.47. The van der Waals surface area contributed by atoms with Gasteiger partial charge in [0.1, 0.15) is 0 Å². The lowest BCUT2D eigenvalue weighted by atomic mass is 10.0. The quantitative estimate of drug-likeness (QED) is 0.927. The molecule has 2 nitrogen and oxygen atoms in total. The van der Waals surface area contributed by atoms with Crippen LogP contribution in [0.1, 0.15) is 17.2 Å². The molecule has 2 N–H and O–H groups in total. The van der Waals surface area contributed by atoms with Crippen LogP contribution in [-0.2, 0) is 0 Å². The van der Waals surface area contributed by atoms with E-state index in [9.17, 15) is 8.78 Å². The number of hydrogen-bond acceptors (Lipinski definition) is 2. The number of halogens is 2. The third-order valence-corrected chi connectivity index (χ3v) is 3.46. The predicted molar refractivity (Wildman–Crippen MR) is 77.7 cm³/mol. The Hall–Kier alpha value is -1.94. The highest BCUT2D eigenvalue weighted by Gasteiger charge is 2.17. The van der Waals surface area contributed by atoms with Crippen molar-refractivity contribution >= 4 is 5.69 Å². The molecule has 0 aliphatic carbocycles. The van der Waals surface area contributed by atoms with E-state index in [0.29, 0.717) is 12.1 Å². The van der Waals surface area contributed by atoms with Gasteiger partial charge in [-0.3, -0.25) is 0 Å². The van der Waals surface area contributed by atoms with E-state index in [1.54, 1.807) is 6.07 Å². The molecule has 0 fully saturated rings. The second kappa shape index (κ2) is 6.01. The van der Waals surface area contributed by atoms with Gasteiger partial charge >= 0.3 is 0 Å². The Kier molecular flexibility index (Phi) is 4.35. The van der Waals surface area contributed by atoms with Crippen molar-refractivity contribution in [3.8, 4) is 0 Å². The van der Waals surface area contributed by atoms with E-state index in [-0.39, 0.29) is 6.04 Å². The summed E-state index contributed by atoms with van der Waals surface area (Å²) in [4.78, 5) is 1.96. The van der Waals surface area contributed by atoms with Crippen LogP contribution >= 0.6 is 0 Å². The molecular weight excluding hydrogens is 258 g/mol. The highest BCUT2D eigenvalue weighted by atomic mass is 19.2. The molecule has 2 aromatic carbocycles. The first-order chi connectivity index (χ1) is 9.52. The number of likely N-dealkylation sites (N-methyl/N-ethyl adjacent to an activating group) is 1. The molecule has 106 valence electrons. The van der Waals surface area contributed by atoms with Crippen LogP contribution < -0.4 is 10.6 Å². The van der Waals surface area contributed by atoms with Gasteiger partial charge in [0.05, 0.1) is 6.04 Å². The fourth-order valence-electron chi connectivity index (χ4n) is 2.20. The Bertz CT molecular complexity index is 582. The maximum Gasteiger partial charge on any atom is 0.159 e. The van der Waals surface area contributed by atoms with Crippen molar-refractivity contribution in [2.24, 2.45) is 5.73 Å². The zero-order valence-corrected chi connectivity index (χ0v) is 11.6. The molecule has 2 rings (SSSR count). The Morgan fingerprint density at radius 2 is 1.70 bits per heavy atom. The second-order valence-corrected chi connectivity index (χ2v) is 4.87. The monoisotopic (exact) mass is 276 g/mol. The molecule has 20 heavy (non-hydrogen) atoms. The van der Waals surface area contributed by atoms with Gasteiger partial charge in [-0.1, -0.05) is 23.8 Å². The van der Waals surface area contributed by atoms with Gasteiger partial charge in [0, 0.05) is 19.3 Å². The van der Waals surface area contributed by atoms with E-state index in [4.69, 9.17) is 5.73 Å². The normalized spacial score (nSPS) is 12.2. The minimum atomic E-state index is -0.849. The third-order valence-electron chi connectivity index (χ3n) is 3.46. The SMILES string of the molecule is Cc1ccc(N(C)C(CN)c2ccc(F)c(F)c2)cc1. The lowest BCUT2D eigenvalue weighted by Crippen LogP contribution is -2.30.